The van der Waals surface area contributed by atoms with Crippen LogP contribution in [-0.4, -0.2) is 105 Å². The Morgan fingerprint density at radius 3 is 1.13 bits per heavy atom. The van der Waals surface area contributed by atoms with E-state index in [9.17, 15) is 14.4 Å². The molecule has 6 unspecified atom stereocenters. The molecule has 6 atom stereocenters. The van der Waals surface area contributed by atoms with E-state index in [1.54, 1.807) is 14.2 Å². The fourth-order valence-corrected chi connectivity index (χ4v) is 13.0. The molecule has 0 saturated carbocycles. The van der Waals surface area contributed by atoms with Crippen LogP contribution in [0.4, 0.5) is 0 Å². The van der Waals surface area contributed by atoms with Crippen LogP contribution in [0.15, 0.2) is 182 Å². The minimum atomic E-state index is -1.23. The Bertz CT molecular complexity index is 2770. The minimum absolute atomic E-state index is 0.0243. The average molecular weight is 1150 g/mol. The summed E-state index contributed by atoms with van der Waals surface area (Å²) in [6.07, 6.45) is 3.06. The maximum atomic E-state index is 15.2. The van der Waals surface area contributed by atoms with Gasteiger partial charge >= 0.3 is 23.9 Å². The van der Waals surface area contributed by atoms with Crippen molar-refractivity contribution in [1.82, 2.24) is 0 Å². The van der Waals surface area contributed by atoms with Gasteiger partial charge in [0.1, 0.15) is 13.2 Å². The van der Waals surface area contributed by atoms with Crippen LogP contribution in [-0.2, 0) is 67.9 Å². The molecular formula is C72H90O12. The molecule has 0 heterocycles. The summed E-state index contributed by atoms with van der Waals surface area (Å²) >= 11 is 0. The minimum Gasteiger partial charge on any atom is -0.469 e. The summed E-state index contributed by atoms with van der Waals surface area (Å²) in [5, 5.41) is 0. The molecule has 0 saturated heterocycles. The Morgan fingerprint density at radius 2 is 0.750 bits per heavy atom. The van der Waals surface area contributed by atoms with E-state index in [1.165, 1.54) is 14.2 Å². The van der Waals surface area contributed by atoms with Gasteiger partial charge in [0.15, 0.2) is 0 Å². The number of carbonyl (C=O) groups excluding carboxylic acids is 4. The predicted molar refractivity (Wildman–Crippen MR) is 329 cm³/mol. The predicted octanol–water partition coefficient (Wildman–Crippen LogP) is 13.7. The largest absolute Gasteiger partial charge is 0.469 e. The van der Waals surface area contributed by atoms with Gasteiger partial charge in [-0.3, -0.25) is 19.2 Å². The van der Waals surface area contributed by atoms with Crippen molar-refractivity contribution in [2.75, 3.05) is 81.3 Å². The van der Waals surface area contributed by atoms with Crippen LogP contribution < -0.4 is 0 Å². The van der Waals surface area contributed by atoms with Crippen LogP contribution in [0.5, 0.6) is 0 Å². The Balaban J connectivity index is 1.57. The molecule has 0 radical (unpaired) electrons. The third-order valence-electron chi connectivity index (χ3n) is 16.7. The first kappa shape index (κ1) is 66.2. The molecule has 450 valence electrons. The first-order valence-corrected chi connectivity index (χ1v) is 29.6. The third-order valence-corrected chi connectivity index (χ3v) is 16.7. The zero-order chi connectivity index (χ0) is 60.3. The number of methoxy groups -OCH3 is 4. The summed E-state index contributed by atoms with van der Waals surface area (Å²) in [7, 11) is 6.00. The first-order chi connectivity index (χ1) is 40.6. The van der Waals surface area contributed by atoms with Crippen molar-refractivity contribution in [1.29, 1.82) is 0 Å². The molecule has 0 N–H and O–H groups in total. The van der Waals surface area contributed by atoms with Crippen molar-refractivity contribution in [3.8, 4) is 0 Å². The second-order valence-corrected chi connectivity index (χ2v) is 23.2. The summed E-state index contributed by atoms with van der Waals surface area (Å²) in [6.45, 7) is 9.80. The van der Waals surface area contributed by atoms with Crippen molar-refractivity contribution >= 4 is 23.9 Å². The van der Waals surface area contributed by atoms with Gasteiger partial charge in [0.2, 0.25) is 0 Å². The average Bonchev–Trinajstić information content (AvgIpc) is 3.57. The number of hydrogen-bond donors (Lipinski definition) is 0. The van der Waals surface area contributed by atoms with Gasteiger partial charge < -0.3 is 37.9 Å². The van der Waals surface area contributed by atoms with Crippen LogP contribution in [0.1, 0.15) is 124 Å². The molecule has 6 aromatic rings. The Labute approximate surface area is 499 Å². The highest BCUT2D eigenvalue weighted by molar-refractivity contribution is 5.79. The Kier molecular flexibility index (Phi) is 26.4. The highest BCUT2D eigenvalue weighted by atomic mass is 16.6. The number of hydrogen-bond acceptors (Lipinski definition) is 12. The second kappa shape index (κ2) is 33.5. The van der Waals surface area contributed by atoms with Crippen molar-refractivity contribution in [3.63, 3.8) is 0 Å². The van der Waals surface area contributed by atoms with E-state index in [4.69, 9.17) is 37.9 Å². The molecular weight excluding hydrogens is 1060 g/mol. The maximum absolute atomic E-state index is 15.2. The van der Waals surface area contributed by atoms with E-state index in [0.29, 0.717) is 58.5 Å². The van der Waals surface area contributed by atoms with Gasteiger partial charge in [-0.05, 0) is 103 Å². The summed E-state index contributed by atoms with van der Waals surface area (Å²) in [5.41, 5.74) is 2.78. The quantitative estimate of drug-likeness (QED) is 0.0208. The molecule has 0 aliphatic heterocycles. The highest BCUT2D eigenvalue weighted by Gasteiger charge is 2.50. The number of rotatable bonds is 37. The molecule has 12 heteroatoms. The molecule has 6 aromatic carbocycles. The van der Waals surface area contributed by atoms with Crippen LogP contribution in [0, 0.1) is 22.7 Å². The third kappa shape index (κ3) is 18.8. The van der Waals surface area contributed by atoms with Crippen molar-refractivity contribution in [3.05, 3.63) is 215 Å². The van der Waals surface area contributed by atoms with E-state index in [-0.39, 0.29) is 69.5 Å². The lowest BCUT2D eigenvalue weighted by Gasteiger charge is -2.47. The maximum Gasteiger partial charge on any atom is 0.311 e. The normalized spacial score (nSPS) is 14.6. The molecule has 0 amide bonds. The standard InChI is InChI=1S/C72H90O12/c1-55(66(74)79-7)48-69(3,52-65(73)83-45-43-81-41-39-77-5)53-71(61-31-19-11-20-32-61,62-33-21-12-22-34-62)50-59(57-27-15-9-16-28-57)47-60(58-29-17-10-18-30-58)51-72(63-35-23-13-24-36-63,64-37-25-14-26-38-64)54-70(4,49-56(2)67(75)80-8)68(76)84-46-44-82-42-40-78-6/h9-38,55-56,59-60H,39-54H2,1-8H3. The van der Waals surface area contributed by atoms with Crippen molar-refractivity contribution in [2.45, 2.75) is 102 Å². The van der Waals surface area contributed by atoms with Gasteiger partial charge in [0.05, 0.1) is 77.5 Å². The zero-order valence-electron chi connectivity index (χ0n) is 50.8. The van der Waals surface area contributed by atoms with E-state index < -0.39 is 45.4 Å². The smallest absolute Gasteiger partial charge is 0.311 e. The summed E-state index contributed by atoms with van der Waals surface area (Å²) in [4.78, 5) is 56.5. The van der Waals surface area contributed by atoms with Gasteiger partial charge in [-0.1, -0.05) is 203 Å². The van der Waals surface area contributed by atoms with Gasteiger partial charge in [0, 0.05) is 25.0 Å². The number of ether oxygens (including phenoxy) is 8. The van der Waals surface area contributed by atoms with Crippen LogP contribution in [0.25, 0.3) is 0 Å². The van der Waals surface area contributed by atoms with Gasteiger partial charge in [-0.25, -0.2) is 0 Å². The monoisotopic (exact) mass is 1150 g/mol. The zero-order valence-corrected chi connectivity index (χ0v) is 50.8. The molecule has 0 aliphatic rings. The Morgan fingerprint density at radius 1 is 0.405 bits per heavy atom. The van der Waals surface area contributed by atoms with E-state index in [1.807, 2.05) is 57.2 Å². The number of carbonyl (C=O) groups is 4. The summed E-state index contributed by atoms with van der Waals surface area (Å²) in [5.74, 6) is -3.07. The molecule has 84 heavy (non-hydrogen) atoms. The fraction of sp³-hybridized carbons (Fsp3) is 0.444. The van der Waals surface area contributed by atoms with Crippen LogP contribution in [0.3, 0.4) is 0 Å². The van der Waals surface area contributed by atoms with Crippen molar-refractivity contribution < 1.29 is 57.1 Å². The van der Waals surface area contributed by atoms with Crippen molar-refractivity contribution in [2.24, 2.45) is 22.7 Å². The lowest BCUT2D eigenvalue weighted by Crippen LogP contribution is -2.43. The number of benzene rings is 6. The van der Waals surface area contributed by atoms with E-state index in [0.717, 1.165) is 33.4 Å². The fourth-order valence-electron chi connectivity index (χ4n) is 13.0. The molecule has 0 fully saturated rings. The molecule has 0 aromatic heterocycles. The second-order valence-electron chi connectivity index (χ2n) is 23.2. The molecule has 12 nitrogen and oxygen atoms in total. The Hall–Kier alpha value is -6.96. The van der Waals surface area contributed by atoms with Crippen LogP contribution in [0.2, 0.25) is 0 Å². The van der Waals surface area contributed by atoms with Gasteiger partial charge in [-0.2, -0.15) is 0 Å². The summed E-state index contributed by atoms with van der Waals surface area (Å²) in [6, 6.07) is 63.4. The summed E-state index contributed by atoms with van der Waals surface area (Å²) < 4.78 is 44.6. The lowest BCUT2D eigenvalue weighted by molar-refractivity contribution is -0.161. The van der Waals surface area contributed by atoms with E-state index in [2.05, 4.69) is 153 Å². The molecule has 0 spiro atoms. The number of esters is 4. The highest BCUT2D eigenvalue weighted by Crippen LogP contribution is 2.56. The topological polar surface area (TPSA) is 142 Å². The first-order valence-electron chi connectivity index (χ1n) is 29.6. The molecule has 0 bridgehead atoms. The molecule has 0 aliphatic carbocycles. The SMILES string of the molecule is COCCOCCOC(=O)CC(C)(CC(C)C(=O)OC)CC(CC(CC(CC(CC(C)(CC(C)C(=O)OC)C(=O)OCCOCCOC)(c1ccccc1)c1ccccc1)c1ccccc1)c1ccccc1)(c1ccccc1)c1ccccc1. The van der Waals surface area contributed by atoms with Gasteiger partial charge in [0.25, 0.3) is 0 Å². The van der Waals surface area contributed by atoms with E-state index >= 15 is 4.79 Å². The van der Waals surface area contributed by atoms with Gasteiger partial charge in [-0.15, -0.1) is 0 Å². The molecule has 6 rings (SSSR count). The lowest BCUT2D eigenvalue weighted by atomic mass is 9.56. The van der Waals surface area contributed by atoms with Crippen LogP contribution >= 0.6 is 0 Å².